The van der Waals surface area contributed by atoms with Crippen LogP contribution in [0, 0.1) is 11.8 Å². The molecule has 5 heteroatoms. The Hall–Kier alpha value is -1.33. The van der Waals surface area contributed by atoms with Crippen molar-refractivity contribution in [3.05, 3.63) is 35.9 Å². The number of nitrogens with one attached hydrogen (secondary N) is 1. The molecule has 1 aromatic carbocycles. The third-order valence-corrected chi connectivity index (χ3v) is 4.73. The number of carboxylic acid groups (broad SMARTS) is 1. The van der Waals surface area contributed by atoms with Crippen LogP contribution < -0.4 is 11.1 Å². The molecule has 0 heterocycles. The van der Waals surface area contributed by atoms with Crippen LogP contribution in [-0.2, 0) is 11.3 Å². The Bertz CT molecular complexity index is 483. The third-order valence-electron chi connectivity index (χ3n) is 4.73. The summed E-state index contributed by atoms with van der Waals surface area (Å²) < 4.78 is 0. The van der Waals surface area contributed by atoms with Gasteiger partial charge < -0.3 is 16.2 Å². The molecule has 0 saturated heterocycles. The molecule has 1 saturated carbocycles. The smallest absolute Gasteiger partial charge is 0.323 e. The molecule has 4 nitrogen and oxygen atoms in total. The van der Waals surface area contributed by atoms with Gasteiger partial charge in [0.05, 0.1) is 7.85 Å². The molecule has 2 rings (SSSR count). The summed E-state index contributed by atoms with van der Waals surface area (Å²) in [6.45, 7) is 1.61. The maximum atomic E-state index is 11.6. The molecule has 2 radical (unpaired) electrons. The van der Waals surface area contributed by atoms with Crippen molar-refractivity contribution in [2.75, 3.05) is 6.54 Å². The Morgan fingerprint density at radius 3 is 2.77 bits per heavy atom. The average Bonchev–Trinajstić information content (AvgIpc) is 2.84. The highest BCUT2D eigenvalue weighted by atomic mass is 16.4. The molecule has 0 aliphatic heterocycles. The van der Waals surface area contributed by atoms with E-state index < -0.39 is 11.5 Å². The second-order valence-electron chi connectivity index (χ2n) is 6.40. The molecule has 4 N–H and O–H groups in total. The fourth-order valence-corrected chi connectivity index (χ4v) is 3.51. The van der Waals surface area contributed by atoms with Gasteiger partial charge >= 0.3 is 5.97 Å². The molecular formula is C17H25BN2O2. The number of rotatable bonds is 8. The highest BCUT2D eigenvalue weighted by Crippen LogP contribution is 2.41. The molecule has 0 amide bonds. The van der Waals surface area contributed by atoms with Gasteiger partial charge in [-0.25, -0.2) is 0 Å². The van der Waals surface area contributed by atoms with E-state index in [1.165, 1.54) is 5.56 Å². The van der Waals surface area contributed by atoms with Gasteiger partial charge in [-0.2, -0.15) is 0 Å². The minimum Gasteiger partial charge on any atom is -0.480 e. The Morgan fingerprint density at radius 2 is 2.14 bits per heavy atom. The summed E-state index contributed by atoms with van der Waals surface area (Å²) in [5.74, 6) is -0.537. The summed E-state index contributed by atoms with van der Waals surface area (Å²) in [5, 5.41) is 12.9. The van der Waals surface area contributed by atoms with Crippen molar-refractivity contribution in [1.29, 1.82) is 0 Å². The number of benzene rings is 1. The standard InChI is InChI=1S/C17H25BN2O2/c18-8-4-7-15-9-14(10-17(15,19)16(21)22)12-20-11-13-5-2-1-3-6-13/h1-3,5-6,14-15,20H,4,7-12,19H2,(H,21,22)/t14-,15-,17-/m0/s1. The number of hydrogen-bond acceptors (Lipinski definition) is 3. The van der Waals surface area contributed by atoms with Crippen LogP contribution in [0.4, 0.5) is 0 Å². The summed E-state index contributed by atoms with van der Waals surface area (Å²) in [5.41, 5.74) is 6.34. The number of hydrogen-bond donors (Lipinski definition) is 3. The minimum atomic E-state index is -1.09. The summed E-state index contributed by atoms with van der Waals surface area (Å²) in [4.78, 5) is 11.6. The van der Waals surface area contributed by atoms with Crippen molar-refractivity contribution in [2.24, 2.45) is 17.6 Å². The molecule has 1 aliphatic rings. The van der Waals surface area contributed by atoms with E-state index in [0.717, 1.165) is 32.4 Å². The van der Waals surface area contributed by atoms with Crippen molar-refractivity contribution < 1.29 is 9.90 Å². The minimum absolute atomic E-state index is 0.0251. The normalized spacial score (nSPS) is 27.9. The first kappa shape index (κ1) is 17.0. The van der Waals surface area contributed by atoms with E-state index >= 15 is 0 Å². The zero-order valence-electron chi connectivity index (χ0n) is 13.0. The molecule has 118 valence electrons. The van der Waals surface area contributed by atoms with Gasteiger partial charge in [-0.15, -0.1) is 0 Å². The monoisotopic (exact) mass is 300 g/mol. The number of carbonyl (C=O) groups is 1. The van der Waals surface area contributed by atoms with Gasteiger partial charge in [0.2, 0.25) is 0 Å². The van der Waals surface area contributed by atoms with E-state index in [9.17, 15) is 9.90 Å². The fraction of sp³-hybridized carbons (Fsp3) is 0.588. The van der Waals surface area contributed by atoms with Crippen molar-refractivity contribution in [3.63, 3.8) is 0 Å². The quantitative estimate of drug-likeness (QED) is 0.641. The van der Waals surface area contributed by atoms with E-state index in [0.29, 0.717) is 18.7 Å². The number of nitrogens with two attached hydrogens (primary N) is 1. The van der Waals surface area contributed by atoms with Crippen molar-refractivity contribution in [1.82, 2.24) is 5.32 Å². The average molecular weight is 300 g/mol. The number of carboxylic acids is 1. The molecule has 1 aliphatic carbocycles. The lowest BCUT2D eigenvalue weighted by molar-refractivity contribution is -0.145. The Morgan fingerprint density at radius 1 is 1.41 bits per heavy atom. The zero-order chi connectivity index (χ0) is 16.0. The van der Waals surface area contributed by atoms with Crippen molar-refractivity contribution >= 4 is 13.8 Å². The Labute approximate surface area is 133 Å². The molecule has 0 aromatic heterocycles. The van der Waals surface area contributed by atoms with E-state index in [2.05, 4.69) is 17.4 Å². The van der Waals surface area contributed by atoms with Crippen LogP contribution in [-0.4, -0.2) is 31.0 Å². The molecule has 3 atom stereocenters. The molecule has 1 fully saturated rings. The van der Waals surface area contributed by atoms with E-state index in [1.807, 2.05) is 18.2 Å². The van der Waals surface area contributed by atoms with Crippen molar-refractivity contribution in [3.8, 4) is 0 Å². The maximum absolute atomic E-state index is 11.6. The largest absolute Gasteiger partial charge is 0.480 e. The predicted octanol–water partition coefficient (Wildman–Crippen LogP) is 1.95. The molecule has 1 aromatic rings. The van der Waals surface area contributed by atoms with E-state index in [4.69, 9.17) is 13.6 Å². The highest BCUT2D eigenvalue weighted by Gasteiger charge is 2.49. The summed E-state index contributed by atoms with van der Waals surface area (Å²) in [7, 11) is 5.55. The first-order valence-corrected chi connectivity index (χ1v) is 8.03. The van der Waals surface area contributed by atoms with Gasteiger partial charge in [0.1, 0.15) is 5.54 Å². The van der Waals surface area contributed by atoms with E-state index in [1.54, 1.807) is 0 Å². The van der Waals surface area contributed by atoms with Gasteiger partial charge in [0.15, 0.2) is 0 Å². The molecule has 0 bridgehead atoms. The lowest BCUT2D eigenvalue weighted by Crippen LogP contribution is -2.51. The second-order valence-corrected chi connectivity index (χ2v) is 6.40. The second kappa shape index (κ2) is 7.79. The summed E-state index contributed by atoms with van der Waals surface area (Å²) in [6.07, 6.45) is 3.63. The predicted molar refractivity (Wildman–Crippen MR) is 88.7 cm³/mol. The lowest BCUT2D eigenvalue weighted by Gasteiger charge is -2.26. The van der Waals surface area contributed by atoms with Crippen molar-refractivity contribution in [2.45, 2.75) is 44.1 Å². The zero-order valence-corrected chi connectivity index (χ0v) is 13.0. The van der Waals surface area contributed by atoms with Crippen LogP contribution in [0.2, 0.25) is 6.32 Å². The van der Waals surface area contributed by atoms with Gasteiger partial charge in [0.25, 0.3) is 0 Å². The third kappa shape index (κ3) is 4.11. The van der Waals surface area contributed by atoms with Crippen LogP contribution in [0.3, 0.4) is 0 Å². The number of aliphatic carboxylic acids is 1. The molecule has 0 unspecified atom stereocenters. The molecular weight excluding hydrogens is 275 g/mol. The highest BCUT2D eigenvalue weighted by molar-refractivity contribution is 6.08. The van der Waals surface area contributed by atoms with E-state index in [-0.39, 0.29) is 5.92 Å². The van der Waals surface area contributed by atoms with Gasteiger partial charge in [0, 0.05) is 6.54 Å². The van der Waals surface area contributed by atoms with Crippen LogP contribution in [0.25, 0.3) is 0 Å². The summed E-state index contributed by atoms with van der Waals surface area (Å²) in [6, 6.07) is 10.2. The first-order chi connectivity index (χ1) is 10.6. The van der Waals surface area contributed by atoms with Crippen LogP contribution in [0.5, 0.6) is 0 Å². The SMILES string of the molecule is [B]CCC[C@H]1C[C@H](CNCc2ccccc2)C[C@@]1(N)C(=O)O. The molecule has 0 spiro atoms. The van der Waals surface area contributed by atoms with Crippen LogP contribution in [0.1, 0.15) is 31.2 Å². The first-order valence-electron chi connectivity index (χ1n) is 8.03. The fourth-order valence-electron chi connectivity index (χ4n) is 3.51. The topological polar surface area (TPSA) is 75.3 Å². The summed E-state index contributed by atoms with van der Waals surface area (Å²) >= 11 is 0. The lowest BCUT2D eigenvalue weighted by atomic mass is 9.83. The van der Waals surface area contributed by atoms with Gasteiger partial charge in [-0.05, 0) is 43.2 Å². The van der Waals surface area contributed by atoms with Crippen LogP contribution in [0.15, 0.2) is 30.3 Å². The van der Waals surface area contributed by atoms with Gasteiger partial charge in [-0.1, -0.05) is 43.1 Å². The maximum Gasteiger partial charge on any atom is 0.323 e. The van der Waals surface area contributed by atoms with Gasteiger partial charge in [-0.3, -0.25) is 4.79 Å². The Balaban J connectivity index is 1.86. The Kier molecular flexibility index (Phi) is 6.03. The molecule has 22 heavy (non-hydrogen) atoms. The van der Waals surface area contributed by atoms with Crippen LogP contribution >= 0.6 is 0 Å².